The highest BCUT2D eigenvalue weighted by atomic mass is 19.1. The van der Waals surface area contributed by atoms with Crippen LogP contribution in [0.5, 0.6) is 0 Å². The monoisotopic (exact) mass is 257 g/mol. The predicted molar refractivity (Wildman–Crippen MR) is 72.2 cm³/mol. The second-order valence-corrected chi connectivity index (χ2v) is 4.80. The SMILES string of the molecule is CNC(c1cccc(F)c1)c1ccc2c(c1)COC2. The summed E-state index contributed by atoms with van der Waals surface area (Å²) in [5.74, 6) is -0.206. The Kier molecular flexibility index (Phi) is 3.32. The molecule has 0 saturated heterocycles. The van der Waals surface area contributed by atoms with Crippen molar-refractivity contribution in [2.24, 2.45) is 0 Å². The highest BCUT2D eigenvalue weighted by Gasteiger charge is 2.17. The third-order valence-corrected chi connectivity index (χ3v) is 3.55. The summed E-state index contributed by atoms with van der Waals surface area (Å²) in [4.78, 5) is 0. The molecule has 0 saturated carbocycles. The van der Waals surface area contributed by atoms with E-state index in [1.54, 1.807) is 12.1 Å². The molecule has 1 aliphatic rings. The van der Waals surface area contributed by atoms with Gasteiger partial charge in [-0.2, -0.15) is 0 Å². The maximum absolute atomic E-state index is 13.4. The van der Waals surface area contributed by atoms with E-state index < -0.39 is 0 Å². The molecule has 1 atom stereocenters. The smallest absolute Gasteiger partial charge is 0.123 e. The average Bonchev–Trinajstić information content (AvgIpc) is 2.87. The number of halogens is 1. The lowest BCUT2D eigenvalue weighted by atomic mass is 9.96. The highest BCUT2D eigenvalue weighted by Crippen LogP contribution is 2.27. The fourth-order valence-corrected chi connectivity index (χ4v) is 2.58. The molecule has 0 radical (unpaired) electrons. The van der Waals surface area contributed by atoms with Crippen LogP contribution in [-0.2, 0) is 18.0 Å². The number of ether oxygens (including phenoxy) is 1. The van der Waals surface area contributed by atoms with Crippen LogP contribution in [0, 0.1) is 5.82 Å². The molecule has 0 spiro atoms. The highest BCUT2D eigenvalue weighted by molar-refractivity contribution is 5.38. The van der Waals surface area contributed by atoms with Crippen molar-refractivity contribution in [1.82, 2.24) is 5.32 Å². The Morgan fingerprint density at radius 3 is 2.63 bits per heavy atom. The molecule has 19 heavy (non-hydrogen) atoms. The van der Waals surface area contributed by atoms with E-state index in [1.807, 2.05) is 13.1 Å². The van der Waals surface area contributed by atoms with E-state index in [9.17, 15) is 4.39 Å². The van der Waals surface area contributed by atoms with Crippen molar-refractivity contribution in [3.05, 3.63) is 70.5 Å². The Labute approximate surface area is 112 Å². The van der Waals surface area contributed by atoms with Gasteiger partial charge in [0.2, 0.25) is 0 Å². The van der Waals surface area contributed by atoms with Gasteiger partial charge >= 0.3 is 0 Å². The van der Waals surface area contributed by atoms with Gasteiger partial charge in [-0.05, 0) is 41.4 Å². The molecule has 2 nitrogen and oxygen atoms in total. The van der Waals surface area contributed by atoms with Crippen LogP contribution in [0.1, 0.15) is 28.3 Å². The molecule has 1 aliphatic heterocycles. The summed E-state index contributed by atoms with van der Waals surface area (Å²) < 4.78 is 18.8. The van der Waals surface area contributed by atoms with Gasteiger partial charge in [0.15, 0.2) is 0 Å². The third-order valence-electron chi connectivity index (χ3n) is 3.55. The average molecular weight is 257 g/mol. The number of benzene rings is 2. The van der Waals surface area contributed by atoms with Gasteiger partial charge in [-0.3, -0.25) is 0 Å². The number of fused-ring (bicyclic) bond motifs is 1. The second-order valence-electron chi connectivity index (χ2n) is 4.80. The molecule has 1 unspecified atom stereocenters. The molecule has 3 heteroatoms. The van der Waals surface area contributed by atoms with Crippen molar-refractivity contribution in [2.75, 3.05) is 7.05 Å². The van der Waals surface area contributed by atoms with Gasteiger partial charge in [0.05, 0.1) is 19.3 Å². The van der Waals surface area contributed by atoms with E-state index >= 15 is 0 Å². The van der Waals surface area contributed by atoms with E-state index in [0.717, 1.165) is 11.1 Å². The summed E-state index contributed by atoms with van der Waals surface area (Å²) in [7, 11) is 1.89. The Bertz CT molecular complexity index is 597. The normalized spacial score (nSPS) is 15.3. The van der Waals surface area contributed by atoms with Gasteiger partial charge in [0.1, 0.15) is 5.82 Å². The third kappa shape index (κ3) is 2.39. The first kappa shape index (κ1) is 12.3. The van der Waals surface area contributed by atoms with Crippen LogP contribution in [0.15, 0.2) is 42.5 Å². The maximum atomic E-state index is 13.4. The van der Waals surface area contributed by atoms with Crippen molar-refractivity contribution in [2.45, 2.75) is 19.3 Å². The minimum atomic E-state index is -0.206. The fourth-order valence-electron chi connectivity index (χ4n) is 2.58. The quantitative estimate of drug-likeness (QED) is 0.912. The minimum Gasteiger partial charge on any atom is -0.372 e. The Hall–Kier alpha value is -1.71. The molecule has 0 aromatic heterocycles. The lowest BCUT2D eigenvalue weighted by Crippen LogP contribution is -2.18. The van der Waals surface area contributed by atoms with Crippen molar-refractivity contribution in [1.29, 1.82) is 0 Å². The Balaban J connectivity index is 1.98. The lowest BCUT2D eigenvalue weighted by Gasteiger charge is -2.18. The summed E-state index contributed by atoms with van der Waals surface area (Å²) in [5, 5.41) is 3.25. The largest absolute Gasteiger partial charge is 0.372 e. The second kappa shape index (κ2) is 5.11. The van der Waals surface area contributed by atoms with Crippen LogP contribution in [0.3, 0.4) is 0 Å². The van der Waals surface area contributed by atoms with Crippen LogP contribution < -0.4 is 5.32 Å². The van der Waals surface area contributed by atoms with Gasteiger partial charge in [-0.1, -0.05) is 30.3 Å². The van der Waals surface area contributed by atoms with Crippen LogP contribution in [0.2, 0.25) is 0 Å². The molecule has 0 aliphatic carbocycles. The molecular formula is C16H16FNO. The topological polar surface area (TPSA) is 21.3 Å². The van der Waals surface area contributed by atoms with E-state index in [-0.39, 0.29) is 11.9 Å². The van der Waals surface area contributed by atoms with Gasteiger partial charge in [0.25, 0.3) is 0 Å². The zero-order valence-corrected chi connectivity index (χ0v) is 10.8. The van der Waals surface area contributed by atoms with E-state index in [0.29, 0.717) is 13.2 Å². The van der Waals surface area contributed by atoms with E-state index in [1.165, 1.54) is 17.2 Å². The van der Waals surface area contributed by atoms with Crippen LogP contribution in [0.25, 0.3) is 0 Å². The first-order valence-electron chi connectivity index (χ1n) is 6.40. The van der Waals surface area contributed by atoms with Crippen molar-refractivity contribution < 1.29 is 9.13 Å². The fraction of sp³-hybridized carbons (Fsp3) is 0.250. The Morgan fingerprint density at radius 1 is 1.05 bits per heavy atom. The molecule has 2 aromatic carbocycles. The van der Waals surface area contributed by atoms with Crippen LogP contribution in [0.4, 0.5) is 4.39 Å². The number of hydrogen-bond acceptors (Lipinski definition) is 2. The van der Waals surface area contributed by atoms with Gasteiger partial charge in [-0.25, -0.2) is 4.39 Å². The number of nitrogens with one attached hydrogen (secondary N) is 1. The Morgan fingerprint density at radius 2 is 1.84 bits per heavy atom. The molecule has 0 amide bonds. The molecular weight excluding hydrogens is 241 g/mol. The van der Waals surface area contributed by atoms with Crippen LogP contribution in [-0.4, -0.2) is 7.05 Å². The molecule has 98 valence electrons. The molecule has 2 aromatic rings. The predicted octanol–water partition coefficient (Wildman–Crippen LogP) is 3.16. The summed E-state index contributed by atoms with van der Waals surface area (Å²) in [6.45, 7) is 1.36. The first-order chi connectivity index (χ1) is 9.28. The molecule has 0 fully saturated rings. The summed E-state index contributed by atoms with van der Waals surface area (Å²) in [5.41, 5.74) is 4.55. The molecule has 0 bridgehead atoms. The van der Waals surface area contributed by atoms with Crippen LogP contribution >= 0.6 is 0 Å². The standard InChI is InChI=1S/C16H16FNO/c1-18-16(11-3-2-4-15(17)8-11)12-5-6-13-9-19-10-14(13)7-12/h2-8,16,18H,9-10H2,1H3. The first-order valence-corrected chi connectivity index (χ1v) is 6.40. The summed E-state index contributed by atoms with van der Waals surface area (Å²) in [6.07, 6.45) is 0. The minimum absolute atomic E-state index is 0.00148. The zero-order chi connectivity index (χ0) is 13.2. The van der Waals surface area contributed by atoms with Crippen molar-refractivity contribution >= 4 is 0 Å². The molecule has 3 rings (SSSR count). The molecule has 1 N–H and O–H groups in total. The van der Waals surface area contributed by atoms with Gasteiger partial charge < -0.3 is 10.1 Å². The van der Waals surface area contributed by atoms with Crippen molar-refractivity contribution in [3.8, 4) is 0 Å². The number of rotatable bonds is 3. The summed E-state index contributed by atoms with van der Waals surface area (Å²) >= 11 is 0. The zero-order valence-electron chi connectivity index (χ0n) is 10.8. The van der Waals surface area contributed by atoms with Gasteiger partial charge in [-0.15, -0.1) is 0 Å². The number of hydrogen-bond donors (Lipinski definition) is 1. The summed E-state index contributed by atoms with van der Waals surface area (Å²) in [6, 6.07) is 13.0. The van der Waals surface area contributed by atoms with E-state index in [2.05, 4.69) is 23.5 Å². The lowest BCUT2D eigenvalue weighted by molar-refractivity contribution is 0.134. The maximum Gasteiger partial charge on any atom is 0.123 e. The van der Waals surface area contributed by atoms with Gasteiger partial charge in [0, 0.05) is 0 Å². The van der Waals surface area contributed by atoms with E-state index in [4.69, 9.17) is 4.74 Å². The van der Waals surface area contributed by atoms with Crippen molar-refractivity contribution in [3.63, 3.8) is 0 Å². The molecule has 1 heterocycles.